The van der Waals surface area contributed by atoms with Gasteiger partial charge in [0.15, 0.2) is 0 Å². The van der Waals surface area contributed by atoms with Gasteiger partial charge in [-0.2, -0.15) is 0 Å². The Kier molecular flexibility index (Phi) is 3.22. The number of nitrogens with zero attached hydrogens (tertiary/aromatic N) is 2. The molecule has 1 aliphatic carbocycles. The molecule has 1 aliphatic heterocycles. The molecule has 88 valence electrons. The van der Waals surface area contributed by atoms with Crippen LogP contribution >= 0.6 is 11.3 Å². The first-order chi connectivity index (χ1) is 7.92. The van der Waals surface area contributed by atoms with E-state index in [1.807, 2.05) is 11.7 Å². The van der Waals surface area contributed by atoms with Crippen molar-refractivity contribution in [3.8, 4) is 0 Å². The maximum Gasteiger partial charge on any atom is 0.0794 e. The van der Waals surface area contributed by atoms with E-state index in [0.29, 0.717) is 0 Å². The van der Waals surface area contributed by atoms with Gasteiger partial charge in [-0.1, -0.05) is 0 Å². The molecule has 1 atom stereocenters. The van der Waals surface area contributed by atoms with Crippen LogP contribution in [0.25, 0.3) is 0 Å². The second-order valence-corrected chi connectivity index (χ2v) is 5.89. The minimum absolute atomic E-state index is 0.752. The summed E-state index contributed by atoms with van der Waals surface area (Å²) in [4.78, 5) is 8.16. The fourth-order valence-corrected chi connectivity index (χ4v) is 3.06. The normalized spacial score (nSPS) is 26.4. The van der Waals surface area contributed by atoms with Crippen LogP contribution in [0.2, 0.25) is 0 Å². The summed E-state index contributed by atoms with van der Waals surface area (Å²) in [6, 6.07) is 1.59. The predicted octanol–water partition coefficient (Wildman–Crippen LogP) is 1.86. The molecule has 0 radical (unpaired) electrons. The Balaban J connectivity index is 1.51. The average Bonchev–Trinajstić information content (AvgIpc) is 2.79. The van der Waals surface area contributed by atoms with Crippen LogP contribution < -0.4 is 5.32 Å². The molecule has 16 heavy (non-hydrogen) atoms. The van der Waals surface area contributed by atoms with E-state index in [1.165, 1.54) is 43.6 Å². The molecular weight excluding hydrogens is 218 g/mol. The number of thiazole rings is 1. The van der Waals surface area contributed by atoms with Gasteiger partial charge < -0.3 is 5.32 Å². The van der Waals surface area contributed by atoms with Gasteiger partial charge in [0.25, 0.3) is 0 Å². The summed E-state index contributed by atoms with van der Waals surface area (Å²) >= 11 is 1.78. The Labute approximate surface area is 101 Å². The van der Waals surface area contributed by atoms with Gasteiger partial charge >= 0.3 is 0 Å². The quantitative estimate of drug-likeness (QED) is 0.847. The number of hydrogen-bond acceptors (Lipinski definition) is 4. The second-order valence-electron chi connectivity index (χ2n) is 4.92. The van der Waals surface area contributed by atoms with Crippen LogP contribution in [0.3, 0.4) is 0 Å². The Bertz CT molecular complexity index is 321. The fourth-order valence-electron chi connectivity index (χ4n) is 2.45. The zero-order valence-electron chi connectivity index (χ0n) is 9.56. The van der Waals surface area contributed by atoms with Crippen LogP contribution in [0.1, 0.15) is 30.6 Å². The summed E-state index contributed by atoms with van der Waals surface area (Å²) in [6.07, 6.45) is 7.51. The minimum Gasteiger partial charge on any atom is -0.312 e. The van der Waals surface area contributed by atoms with Gasteiger partial charge in [0.1, 0.15) is 0 Å². The molecule has 2 aliphatic rings. The van der Waals surface area contributed by atoms with Crippen molar-refractivity contribution >= 4 is 11.3 Å². The summed E-state index contributed by atoms with van der Waals surface area (Å²) < 4.78 is 0. The van der Waals surface area contributed by atoms with Crippen LogP contribution in [0.4, 0.5) is 0 Å². The summed E-state index contributed by atoms with van der Waals surface area (Å²) in [7, 11) is 0. The van der Waals surface area contributed by atoms with Crippen molar-refractivity contribution in [1.29, 1.82) is 0 Å². The molecule has 0 amide bonds. The van der Waals surface area contributed by atoms with E-state index in [2.05, 4.69) is 15.2 Å². The largest absolute Gasteiger partial charge is 0.312 e. The molecular formula is C12H19N3S. The van der Waals surface area contributed by atoms with Gasteiger partial charge in [-0.25, -0.2) is 0 Å². The third kappa shape index (κ3) is 2.62. The van der Waals surface area contributed by atoms with Crippen LogP contribution in [-0.2, 0) is 6.54 Å². The molecule has 0 aromatic carbocycles. The fraction of sp³-hybridized carbons (Fsp3) is 0.750. The van der Waals surface area contributed by atoms with Crippen molar-refractivity contribution < 1.29 is 0 Å². The lowest BCUT2D eigenvalue weighted by molar-refractivity contribution is 0.240. The van der Waals surface area contributed by atoms with E-state index >= 15 is 0 Å². The van der Waals surface area contributed by atoms with E-state index in [9.17, 15) is 0 Å². The third-order valence-corrected chi connectivity index (χ3v) is 4.33. The highest BCUT2D eigenvalue weighted by atomic mass is 32.1. The van der Waals surface area contributed by atoms with E-state index in [1.54, 1.807) is 11.3 Å². The standard InChI is InChI=1S/C12H19N3S/c1-2-11(6-14-10-3-4-10)15(5-1)8-12-7-13-9-16-12/h7,9-11,14H,1-6,8H2. The average molecular weight is 237 g/mol. The Morgan fingerprint density at radius 3 is 3.12 bits per heavy atom. The van der Waals surface area contributed by atoms with Crippen LogP contribution in [0, 0.1) is 0 Å². The van der Waals surface area contributed by atoms with Crippen molar-refractivity contribution in [3.05, 3.63) is 16.6 Å². The highest BCUT2D eigenvalue weighted by Gasteiger charge is 2.27. The topological polar surface area (TPSA) is 28.2 Å². The number of aromatic nitrogens is 1. The van der Waals surface area contributed by atoms with Gasteiger partial charge in [-0.05, 0) is 32.2 Å². The second kappa shape index (κ2) is 4.82. The summed E-state index contributed by atoms with van der Waals surface area (Å²) in [6.45, 7) is 3.54. The molecule has 2 heterocycles. The molecule has 1 saturated heterocycles. The van der Waals surface area contributed by atoms with Crippen molar-refractivity contribution in [3.63, 3.8) is 0 Å². The van der Waals surface area contributed by atoms with Crippen molar-refractivity contribution in [1.82, 2.24) is 15.2 Å². The first-order valence-corrected chi connectivity index (χ1v) is 7.14. The molecule has 0 bridgehead atoms. The van der Waals surface area contributed by atoms with E-state index in [-0.39, 0.29) is 0 Å². The molecule has 1 N–H and O–H groups in total. The van der Waals surface area contributed by atoms with Crippen molar-refractivity contribution in [2.45, 2.75) is 44.3 Å². The molecule has 2 fully saturated rings. The molecule has 4 heteroatoms. The lowest BCUT2D eigenvalue weighted by atomic mass is 10.2. The molecule has 1 unspecified atom stereocenters. The van der Waals surface area contributed by atoms with Crippen molar-refractivity contribution in [2.75, 3.05) is 13.1 Å². The van der Waals surface area contributed by atoms with Gasteiger partial charge in [0.2, 0.25) is 0 Å². The van der Waals surface area contributed by atoms with E-state index in [4.69, 9.17) is 0 Å². The van der Waals surface area contributed by atoms with E-state index < -0.39 is 0 Å². The summed E-state index contributed by atoms with van der Waals surface area (Å²) in [5.74, 6) is 0. The Morgan fingerprint density at radius 2 is 2.38 bits per heavy atom. The van der Waals surface area contributed by atoms with Gasteiger partial charge in [0.05, 0.1) is 5.51 Å². The molecule has 1 aromatic rings. The molecule has 1 aromatic heterocycles. The predicted molar refractivity (Wildman–Crippen MR) is 66.6 cm³/mol. The maximum absolute atomic E-state index is 4.15. The monoisotopic (exact) mass is 237 g/mol. The first-order valence-electron chi connectivity index (χ1n) is 6.26. The van der Waals surface area contributed by atoms with Gasteiger partial charge in [-0.3, -0.25) is 9.88 Å². The van der Waals surface area contributed by atoms with Crippen LogP contribution in [0.5, 0.6) is 0 Å². The first kappa shape index (κ1) is 10.7. The maximum atomic E-state index is 4.15. The van der Waals surface area contributed by atoms with Crippen LogP contribution in [0.15, 0.2) is 11.7 Å². The zero-order chi connectivity index (χ0) is 10.8. The smallest absolute Gasteiger partial charge is 0.0794 e. The Hall–Kier alpha value is -0.450. The number of nitrogens with one attached hydrogen (secondary N) is 1. The lowest BCUT2D eigenvalue weighted by Crippen LogP contribution is -2.38. The lowest BCUT2D eigenvalue weighted by Gasteiger charge is -2.24. The molecule has 0 spiro atoms. The SMILES string of the molecule is c1ncc(CN2CCCC2CNC2CC2)s1. The Morgan fingerprint density at radius 1 is 1.44 bits per heavy atom. The molecule has 3 nitrogen and oxygen atoms in total. The summed E-state index contributed by atoms with van der Waals surface area (Å²) in [5, 5.41) is 3.65. The molecule has 3 rings (SSSR count). The highest BCUT2D eigenvalue weighted by molar-refractivity contribution is 7.09. The highest BCUT2D eigenvalue weighted by Crippen LogP contribution is 2.23. The number of hydrogen-bond donors (Lipinski definition) is 1. The summed E-state index contributed by atoms with van der Waals surface area (Å²) in [5.41, 5.74) is 1.93. The third-order valence-electron chi connectivity index (χ3n) is 3.56. The van der Waals surface area contributed by atoms with E-state index in [0.717, 1.165) is 18.6 Å². The van der Waals surface area contributed by atoms with Crippen LogP contribution in [-0.4, -0.2) is 35.1 Å². The number of rotatable bonds is 5. The van der Waals surface area contributed by atoms with Gasteiger partial charge in [-0.15, -0.1) is 11.3 Å². The molecule has 1 saturated carbocycles. The van der Waals surface area contributed by atoms with Gasteiger partial charge in [0, 0.05) is 36.2 Å². The number of likely N-dealkylation sites (tertiary alicyclic amines) is 1. The zero-order valence-corrected chi connectivity index (χ0v) is 10.4. The minimum atomic E-state index is 0.752. The van der Waals surface area contributed by atoms with Crippen molar-refractivity contribution in [2.24, 2.45) is 0 Å².